The SMILES string of the molecule is COC(OC)c1ccc(C(=O)N2CCC[C@H]2C(=O)N[C@@H](Cc2ccccc2)C(=O)NN)cc1. The molecule has 1 aliphatic heterocycles. The molecule has 0 radical (unpaired) electrons. The van der Waals surface area contributed by atoms with E-state index in [0.29, 0.717) is 24.9 Å². The summed E-state index contributed by atoms with van der Waals surface area (Å²) in [5.74, 6) is 4.22. The van der Waals surface area contributed by atoms with Crippen LogP contribution in [-0.2, 0) is 25.5 Å². The highest BCUT2D eigenvalue weighted by Gasteiger charge is 2.36. The van der Waals surface area contributed by atoms with E-state index >= 15 is 0 Å². The number of hydrogen-bond donors (Lipinski definition) is 3. The van der Waals surface area contributed by atoms with E-state index in [9.17, 15) is 14.4 Å². The fraction of sp³-hybridized carbons (Fsp3) is 0.375. The predicted molar refractivity (Wildman–Crippen MR) is 122 cm³/mol. The average Bonchev–Trinajstić information content (AvgIpc) is 3.35. The fourth-order valence-electron chi connectivity index (χ4n) is 4.03. The first-order valence-corrected chi connectivity index (χ1v) is 10.8. The maximum Gasteiger partial charge on any atom is 0.256 e. The first kappa shape index (κ1) is 24.4. The van der Waals surface area contributed by atoms with Crippen LogP contribution in [0.4, 0.5) is 0 Å². The van der Waals surface area contributed by atoms with Gasteiger partial charge in [0.05, 0.1) is 0 Å². The lowest BCUT2D eigenvalue weighted by Gasteiger charge is -2.26. The largest absolute Gasteiger partial charge is 0.352 e. The first-order chi connectivity index (χ1) is 16.0. The van der Waals surface area contributed by atoms with Gasteiger partial charge in [0.15, 0.2) is 6.29 Å². The van der Waals surface area contributed by atoms with Gasteiger partial charge in [0, 0.05) is 38.3 Å². The number of methoxy groups -OCH3 is 2. The molecule has 1 fully saturated rings. The lowest BCUT2D eigenvalue weighted by Crippen LogP contribution is -2.54. The van der Waals surface area contributed by atoms with Gasteiger partial charge in [0.2, 0.25) is 5.91 Å². The van der Waals surface area contributed by atoms with E-state index in [4.69, 9.17) is 15.3 Å². The molecule has 0 unspecified atom stereocenters. The summed E-state index contributed by atoms with van der Waals surface area (Å²) < 4.78 is 10.5. The number of rotatable bonds is 9. The third kappa shape index (κ3) is 5.95. The minimum atomic E-state index is -0.846. The monoisotopic (exact) mass is 454 g/mol. The Balaban J connectivity index is 1.70. The molecule has 4 N–H and O–H groups in total. The Bertz CT molecular complexity index is 947. The molecule has 0 aliphatic carbocycles. The lowest BCUT2D eigenvalue weighted by molar-refractivity contribution is -0.131. The molecule has 0 bridgehead atoms. The van der Waals surface area contributed by atoms with Crippen LogP contribution in [0.3, 0.4) is 0 Å². The van der Waals surface area contributed by atoms with Gasteiger partial charge in [-0.3, -0.25) is 19.8 Å². The van der Waals surface area contributed by atoms with E-state index in [1.165, 1.54) is 14.2 Å². The number of benzene rings is 2. The van der Waals surface area contributed by atoms with Crippen molar-refractivity contribution in [3.63, 3.8) is 0 Å². The van der Waals surface area contributed by atoms with Crippen molar-refractivity contribution in [3.8, 4) is 0 Å². The molecule has 2 aromatic carbocycles. The zero-order valence-corrected chi connectivity index (χ0v) is 18.8. The number of carbonyl (C=O) groups is 3. The molecule has 0 saturated carbocycles. The van der Waals surface area contributed by atoms with Crippen molar-refractivity contribution < 1.29 is 23.9 Å². The quantitative estimate of drug-likeness (QED) is 0.227. The van der Waals surface area contributed by atoms with Gasteiger partial charge in [-0.1, -0.05) is 42.5 Å². The molecule has 1 aliphatic rings. The Labute approximate surface area is 193 Å². The van der Waals surface area contributed by atoms with Crippen molar-refractivity contribution in [2.45, 2.75) is 37.6 Å². The maximum atomic E-state index is 13.1. The van der Waals surface area contributed by atoms with Crippen LogP contribution in [0.25, 0.3) is 0 Å². The van der Waals surface area contributed by atoms with E-state index in [0.717, 1.165) is 11.1 Å². The maximum absolute atomic E-state index is 13.1. The molecule has 9 heteroatoms. The molecular weight excluding hydrogens is 424 g/mol. The zero-order chi connectivity index (χ0) is 23.8. The third-order valence-corrected chi connectivity index (χ3v) is 5.73. The van der Waals surface area contributed by atoms with Crippen molar-refractivity contribution in [1.82, 2.24) is 15.6 Å². The number of nitrogens with two attached hydrogens (primary N) is 1. The zero-order valence-electron chi connectivity index (χ0n) is 18.8. The van der Waals surface area contributed by atoms with E-state index in [2.05, 4.69) is 10.7 Å². The second-order valence-corrected chi connectivity index (χ2v) is 7.84. The number of likely N-dealkylation sites (tertiary alicyclic amines) is 1. The van der Waals surface area contributed by atoms with Gasteiger partial charge in [-0.15, -0.1) is 0 Å². The molecule has 1 saturated heterocycles. The smallest absolute Gasteiger partial charge is 0.256 e. The summed E-state index contributed by atoms with van der Waals surface area (Å²) in [6.07, 6.45) is 0.990. The van der Waals surface area contributed by atoms with Crippen LogP contribution in [0.2, 0.25) is 0 Å². The van der Waals surface area contributed by atoms with Crippen LogP contribution in [0.5, 0.6) is 0 Å². The van der Waals surface area contributed by atoms with Gasteiger partial charge in [-0.05, 0) is 30.5 Å². The van der Waals surface area contributed by atoms with Crippen LogP contribution in [0, 0.1) is 0 Å². The van der Waals surface area contributed by atoms with Crippen molar-refractivity contribution in [1.29, 1.82) is 0 Å². The lowest BCUT2D eigenvalue weighted by atomic mass is 10.0. The minimum Gasteiger partial charge on any atom is -0.352 e. The summed E-state index contributed by atoms with van der Waals surface area (Å²) in [5.41, 5.74) is 4.24. The molecule has 3 amide bonds. The molecule has 0 spiro atoms. The average molecular weight is 455 g/mol. The number of nitrogens with zero attached hydrogens (tertiary/aromatic N) is 1. The summed E-state index contributed by atoms with van der Waals surface area (Å²) in [6, 6.07) is 14.7. The Kier molecular flexibility index (Phi) is 8.53. The Hall–Kier alpha value is -3.27. The second-order valence-electron chi connectivity index (χ2n) is 7.84. The summed E-state index contributed by atoms with van der Waals surface area (Å²) in [4.78, 5) is 40.0. The topological polar surface area (TPSA) is 123 Å². The van der Waals surface area contributed by atoms with Gasteiger partial charge in [0.1, 0.15) is 12.1 Å². The highest BCUT2D eigenvalue weighted by molar-refractivity contribution is 5.98. The molecule has 176 valence electrons. The van der Waals surface area contributed by atoms with Crippen LogP contribution < -0.4 is 16.6 Å². The van der Waals surface area contributed by atoms with Crippen LogP contribution >= 0.6 is 0 Å². The summed E-state index contributed by atoms with van der Waals surface area (Å²) in [7, 11) is 3.08. The number of amides is 3. The molecule has 9 nitrogen and oxygen atoms in total. The van der Waals surface area contributed by atoms with E-state index < -0.39 is 24.3 Å². The summed E-state index contributed by atoms with van der Waals surface area (Å²) >= 11 is 0. The normalized spacial score (nSPS) is 16.5. The first-order valence-electron chi connectivity index (χ1n) is 10.8. The number of ether oxygens (including phenoxy) is 2. The molecule has 2 atom stereocenters. The van der Waals surface area contributed by atoms with Crippen molar-refractivity contribution in [2.75, 3.05) is 20.8 Å². The molecule has 3 rings (SSSR count). The highest BCUT2D eigenvalue weighted by Crippen LogP contribution is 2.23. The van der Waals surface area contributed by atoms with Crippen molar-refractivity contribution in [3.05, 3.63) is 71.3 Å². The molecule has 0 aromatic heterocycles. The van der Waals surface area contributed by atoms with Gasteiger partial charge in [-0.25, -0.2) is 5.84 Å². The minimum absolute atomic E-state index is 0.242. The van der Waals surface area contributed by atoms with Crippen molar-refractivity contribution in [2.24, 2.45) is 5.84 Å². The van der Waals surface area contributed by atoms with Gasteiger partial charge < -0.3 is 19.7 Å². The Morgan fingerprint density at radius 2 is 1.73 bits per heavy atom. The third-order valence-electron chi connectivity index (χ3n) is 5.73. The van der Waals surface area contributed by atoms with Crippen LogP contribution in [-0.4, -0.2) is 55.5 Å². The fourth-order valence-corrected chi connectivity index (χ4v) is 4.03. The van der Waals surface area contributed by atoms with E-state index in [1.807, 2.05) is 30.3 Å². The van der Waals surface area contributed by atoms with Crippen LogP contribution in [0.15, 0.2) is 54.6 Å². The van der Waals surface area contributed by atoms with Crippen molar-refractivity contribution >= 4 is 17.7 Å². The van der Waals surface area contributed by atoms with Crippen LogP contribution in [0.1, 0.15) is 40.6 Å². The Morgan fingerprint density at radius 1 is 1.06 bits per heavy atom. The Morgan fingerprint density at radius 3 is 2.33 bits per heavy atom. The molecule has 33 heavy (non-hydrogen) atoms. The molecular formula is C24H30N4O5. The summed E-state index contributed by atoms with van der Waals surface area (Å²) in [6.45, 7) is 0.462. The van der Waals surface area contributed by atoms with E-state index in [-0.39, 0.29) is 18.2 Å². The molecule has 1 heterocycles. The number of carbonyl (C=O) groups excluding carboxylic acids is 3. The van der Waals surface area contributed by atoms with Gasteiger partial charge in [0.25, 0.3) is 11.8 Å². The van der Waals surface area contributed by atoms with E-state index in [1.54, 1.807) is 29.2 Å². The predicted octanol–water partition coefficient (Wildman–Crippen LogP) is 1.30. The van der Waals surface area contributed by atoms with Gasteiger partial charge in [-0.2, -0.15) is 0 Å². The molecule has 2 aromatic rings. The number of hydrazine groups is 1. The summed E-state index contributed by atoms with van der Waals surface area (Å²) in [5, 5.41) is 2.78. The number of nitrogens with one attached hydrogen (secondary N) is 2. The second kappa shape index (κ2) is 11.6. The highest BCUT2D eigenvalue weighted by atomic mass is 16.7. The number of hydrogen-bond acceptors (Lipinski definition) is 6. The standard InChI is InChI=1S/C24H30N4O5/c1-32-24(33-2)18-12-10-17(11-13-18)23(31)28-14-6-9-20(28)22(30)26-19(21(29)27-25)15-16-7-4-3-5-8-16/h3-5,7-8,10-13,19-20,24H,6,9,14-15,25H2,1-2H3,(H,26,30)(H,27,29)/t19-,20-/m0/s1. The van der Waals surface area contributed by atoms with Gasteiger partial charge >= 0.3 is 0 Å².